The van der Waals surface area contributed by atoms with E-state index < -0.39 is 0 Å². The van der Waals surface area contributed by atoms with Crippen LogP contribution in [0.1, 0.15) is 12.0 Å². The van der Waals surface area contributed by atoms with Crippen molar-refractivity contribution < 1.29 is 9.18 Å². The van der Waals surface area contributed by atoms with Gasteiger partial charge in [-0.05, 0) is 24.3 Å². The Morgan fingerprint density at radius 3 is 2.84 bits per heavy atom. The monoisotopic (exact) mass is 403 g/mol. The summed E-state index contributed by atoms with van der Waals surface area (Å²) in [6, 6.07) is 11.5. The Morgan fingerprint density at radius 1 is 1.24 bits per heavy atom. The third kappa shape index (κ3) is 4.11. The predicted molar refractivity (Wildman–Crippen MR) is 96.6 cm³/mol. The van der Waals surface area contributed by atoms with Crippen molar-refractivity contribution in [3.8, 4) is 0 Å². The number of rotatable bonds is 5. The molecule has 0 saturated carbocycles. The second-order valence-electron chi connectivity index (χ2n) is 5.52. The van der Waals surface area contributed by atoms with Gasteiger partial charge in [0.15, 0.2) is 0 Å². The van der Waals surface area contributed by atoms with Gasteiger partial charge in [-0.15, -0.1) is 0 Å². The summed E-state index contributed by atoms with van der Waals surface area (Å²) < 4.78 is 15.7. The van der Waals surface area contributed by atoms with Crippen molar-refractivity contribution in [2.24, 2.45) is 0 Å². The van der Waals surface area contributed by atoms with E-state index in [1.807, 2.05) is 6.07 Å². The first kappa shape index (κ1) is 17.3. The molecule has 3 rings (SSSR count). The molecule has 1 N–H and O–H groups in total. The van der Waals surface area contributed by atoms with Crippen molar-refractivity contribution in [1.82, 2.24) is 14.9 Å². The number of benzene rings is 2. The molecule has 7 heteroatoms. The number of amides is 1. The molecule has 1 amide bonds. The second kappa shape index (κ2) is 7.57. The van der Waals surface area contributed by atoms with Crippen molar-refractivity contribution in [1.29, 1.82) is 0 Å². The topological polar surface area (TPSA) is 64.0 Å². The maximum Gasteiger partial charge on any atom is 0.261 e. The van der Waals surface area contributed by atoms with Gasteiger partial charge >= 0.3 is 0 Å². The van der Waals surface area contributed by atoms with Crippen molar-refractivity contribution in [2.45, 2.75) is 19.5 Å². The number of carbonyl (C=O) groups is 1. The van der Waals surface area contributed by atoms with Crippen molar-refractivity contribution >= 4 is 32.7 Å². The molecule has 1 heterocycles. The highest BCUT2D eigenvalue weighted by molar-refractivity contribution is 9.10. The van der Waals surface area contributed by atoms with Crippen LogP contribution in [-0.4, -0.2) is 15.5 Å². The Balaban J connectivity index is 1.64. The molecule has 1 aromatic heterocycles. The fourth-order valence-electron chi connectivity index (χ4n) is 2.44. The molecule has 0 unspecified atom stereocenters. The normalized spacial score (nSPS) is 10.8. The number of halogens is 2. The second-order valence-corrected chi connectivity index (χ2v) is 6.44. The molecule has 0 radical (unpaired) electrons. The predicted octanol–water partition coefficient (Wildman–Crippen LogP) is 3.00. The summed E-state index contributed by atoms with van der Waals surface area (Å²) in [6.45, 7) is 0.320. The van der Waals surface area contributed by atoms with Gasteiger partial charge in [-0.25, -0.2) is 9.37 Å². The van der Waals surface area contributed by atoms with E-state index in [2.05, 4.69) is 26.2 Å². The van der Waals surface area contributed by atoms with Crippen molar-refractivity contribution in [3.05, 3.63) is 75.0 Å². The number of hydrogen-bond donors (Lipinski definition) is 1. The minimum atomic E-state index is -0.358. The Labute approximate surface area is 151 Å². The van der Waals surface area contributed by atoms with Crippen LogP contribution in [0.5, 0.6) is 0 Å². The zero-order valence-electron chi connectivity index (χ0n) is 13.2. The zero-order chi connectivity index (χ0) is 17.8. The first-order valence-electron chi connectivity index (χ1n) is 7.69. The first-order valence-corrected chi connectivity index (χ1v) is 8.49. The molecule has 0 fully saturated rings. The molecular weight excluding hydrogens is 389 g/mol. The fraction of sp³-hybridized carbons (Fsp3) is 0.167. The maximum absolute atomic E-state index is 13.5. The van der Waals surface area contributed by atoms with E-state index in [4.69, 9.17) is 0 Å². The quantitative estimate of drug-likeness (QED) is 0.711. The van der Waals surface area contributed by atoms with Crippen LogP contribution in [0.2, 0.25) is 0 Å². The van der Waals surface area contributed by atoms with Gasteiger partial charge in [0.05, 0.1) is 17.2 Å². The number of nitrogens with zero attached hydrogens (tertiary/aromatic N) is 2. The lowest BCUT2D eigenvalue weighted by Gasteiger charge is -2.08. The van der Waals surface area contributed by atoms with E-state index in [9.17, 15) is 14.0 Å². The van der Waals surface area contributed by atoms with Crippen LogP contribution in [0.3, 0.4) is 0 Å². The lowest BCUT2D eigenvalue weighted by atomic mass is 10.2. The van der Waals surface area contributed by atoms with Crippen LogP contribution < -0.4 is 10.9 Å². The minimum Gasteiger partial charge on any atom is -0.352 e. The maximum atomic E-state index is 13.5. The highest BCUT2D eigenvalue weighted by atomic mass is 79.9. The summed E-state index contributed by atoms with van der Waals surface area (Å²) in [7, 11) is 0. The molecule has 5 nitrogen and oxygen atoms in total. The van der Waals surface area contributed by atoms with E-state index in [1.54, 1.807) is 30.3 Å². The average Bonchev–Trinajstić information content (AvgIpc) is 2.61. The number of aryl methyl sites for hydroxylation is 1. The number of hydrogen-bond acceptors (Lipinski definition) is 3. The minimum absolute atomic E-state index is 0.107. The lowest BCUT2D eigenvalue weighted by molar-refractivity contribution is -0.121. The summed E-state index contributed by atoms with van der Waals surface area (Å²) in [6.07, 6.45) is 1.54. The third-order valence-electron chi connectivity index (χ3n) is 3.80. The van der Waals surface area contributed by atoms with E-state index in [1.165, 1.54) is 17.0 Å². The number of carbonyl (C=O) groups excluding carboxylic acids is 1. The molecule has 3 aromatic rings. The van der Waals surface area contributed by atoms with Crippen LogP contribution in [0, 0.1) is 5.82 Å². The van der Waals surface area contributed by atoms with Gasteiger partial charge in [0, 0.05) is 29.5 Å². The largest absolute Gasteiger partial charge is 0.352 e. The Hall–Kier alpha value is -2.54. The molecule has 0 aliphatic heterocycles. The molecule has 25 heavy (non-hydrogen) atoms. The van der Waals surface area contributed by atoms with Crippen molar-refractivity contribution in [3.63, 3.8) is 0 Å². The molecular formula is C18H15BrFN3O2. The SMILES string of the molecule is O=C(CCn1cnc2ccc(Br)cc2c1=O)NCc1ccccc1F. The number of aromatic nitrogens is 2. The van der Waals surface area contributed by atoms with Gasteiger partial charge in [-0.3, -0.25) is 14.2 Å². The van der Waals surface area contributed by atoms with Crippen LogP contribution >= 0.6 is 15.9 Å². The summed E-state index contributed by atoms with van der Waals surface area (Å²) in [5.41, 5.74) is 0.826. The molecule has 0 bridgehead atoms. The molecule has 128 valence electrons. The first-order chi connectivity index (χ1) is 12.0. The summed E-state index contributed by atoms with van der Waals surface area (Å²) >= 11 is 3.33. The van der Waals surface area contributed by atoms with Gasteiger partial charge in [0.2, 0.25) is 5.91 Å². The fourth-order valence-corrected chi connectivity index (χ4v) is 2.80. The molecule has 0 saturated heterocycles. The van der Waals surface area contributed by atoms with E-state index in [0.29, 0.717) is 16.5 Å². The molecule has 0 spiro atoms. The standard InChI is InChI=1S/C18H15BrFN3O2/c19-13-5-6-16-14(9-13)18(25)23(11-22-16)8-7-17(24)21-10-12-3-1-2-4-15(12)20/h1-6,9,11H,7-8,10H2,(H,21,24). The molecule has 0 atom stereocenters. The van der Waals surface area contributed by atoms with Crippen LogP contribution in [0.4, 0.5) is 4.39 Å². The van der Waals surface area contributed by atoms with Crippen molar-refractivity contribution in [2.75, 3.05) is 0 Å². The van der Waals surface area contributed by atoms with Crippen LogP contribution in [0.15, 0.2) is 58.1 Å². The smallest absolute Gasteiger partial charge is 0.261 e. The highest BCUT2D eigenvalue weighted by Crippen LogP contribution is 2.14. The van der Waals surface area contributed by atoms with Gasteiger partial charge in [-0.1, -0.05) is 34.1 Å². The molecule has 0 aliphatic rings. The Bertz CT molecular complexity index is 987. The van der Waals surface area contributed by atoms with Gasteiger partial charge in [0.1, 0.15) is 5.82 Å². The van der Waals surface area contributed by atoms with Gasteiger partial charge < -0.3 is 5.32 Å². The van der Waals surface area contributed by atoms with Gasteiger partial charge in [-0.2, -0.15) is 0 Å². The number of nitrogens with one attached hydrogen (secondary N) is 1. The molecule has 2 aromatic carbocycles. The van der Waals surface area contributed by atoms with Crippen LogP contribution in [0.25, 0.3) is 10.9 Å². The average molecular weight is 404 g/mol. The third-order valence-corrected chi connectivity index (χ3v) is 4.29. The summed E-state index contributed by atoms with van der Waals surface area (Å²) in [4.78, 5) is 28.6. The van der Waals surface area contributed by atoms with Crippen LogP contribution in [-0.2, 0) is 17.9 Å². The zero-order valence-corrected chi connectivity index (χ0v) is 14.8. The van der Waals surface area contributed by atoms with E-state index in [0.717, 1.165) is 4.47 Å². The van der Waals surface area contributed by atoms with E-state index >= 15 is 0 Å². The Morgan fingerprint density at radius 2 is 2.04 bits per heavy atom. The summed E-state index contributed by atoms with van der Waals surface area (Å²) in [5.74, 6) is -0.618. The lowest BCUT2D eigenvalue weighted by Crippen LogP contribution is -2.27. The molecule has 0 aliphatic carbocycles. The van der Waals surface area contributed by atoms with Gasteiger partial charge in [0.25, 0.3) is 5.56 Å². The number of fused-ring (bicyclic) bond motifs is 1. The summed E-state index contributed by atoms with van der Waals surface area (Å²) in [5, 5.41) is 3.14. The van der Waals surface area contributed by atoms with E-state index in [-0.39, 0.29) is 36.8 Å². The Kier molecular flexibility index (Phi) is 5.23. The highest BCUT2D eigenvalue weighted by Gasteiger charge is 2.08.